The molecule has 1 saturated heterocycles. The Bertz CT molecular complexity index is 594. The van der Waals surface area contributed by atoms with E-state index in [9.17, 15) is 0 Å². The molecule has 2 N–H and O–H groups in total. The second kappa shape index (κ2) is 5.07. The summed E-state index contributed by atoms with van der Waals surface area (Å²) in [7, 11) is 0. The van der Waals surface area contributed by atoms with Gasteiger partial charge in [-0.05, 0) is 30.9 Å². The highest BCUT2D eigenvalue weighted by Crippen LogP contribution is 2.42. The first-order valence-corrected chi connectivity index (χ1v) is 7.53. The molecule has 0 amide bonds. The zero-order chi connectivity index (χ0) is 14.2. The van der Waals surface area contributed by atoms with Crippen LogP contribution >= 0.6 is 11.5 Å². The first kappa shape index (κ1) is 13.4. The molecule has 0 atom stereocenters. The molecular formula is C15H19N3OS. The number of morpholine rings is 1. The summed E-state index contributed by atoms with van der Waals surface area (Å²) in [5.41, 5.74) is 8.24. The Labute approximate surface area is 123 Å². The summed E-state index contributed by atoms with van der Waals surface area (Å²) in [5, 5.41) is 1.14. The van der Waals surface area contributed by atoms with Crippen LogP contribution in [0, 0.1) is 0 Å². The number of rotatable bonds is 2. The number of nitrogens with zero attached hydrogens (tertiary/aromatic N) is 2. The summed E-state index contributed by atoms with van der Waals surface area (Å²) in [5.74, 6) is 0.610. The molecule has 0 radical (unpaired) electrons. The molecule has 1 fully saturated rings. The largest absolute Gasteiger partial charge is 0.382 e. The maximum Gasteiger partial charge on any atom is 0.147 e. The van der Waals surface area contributed by atoms with Crippen molar-refractivity contribution in [2.75, 3.05) is 30.4 Å². The van der Waals surface area contributed by atoms with Crippen LogP contribution in [0.3, 0.4) is 0 Å². The van der Waals surface area contributed by atoms with Crippen molar-refractivity contribution in [2.45, 2.75) is 19.4 Å². The van der Waals surface area contributed by atoms with Gasteiger partial charge in [0.2, 0.25) is 0 Å². The van der Waals surface area contributed by atoms with Crippen molar-refractivity contribution >= 4 is 22.4 Å². The van der Waals surface area contributed by atoms with Crippen molar-refractivity contribution in [3.05, 3.63) is 30.3 Å². The number of hydrogen-bond donors (Lipinski definition) is 1. The maximum atomic E-state index is 6.11. The Morgan fingerprint density at radius 1 is 1.30 bits per heavy atom. The highest BCUT2D eigenvalue weighted by atomic mass is 32.1. The fraction of sp³-hybridized carbons (Fsp3) is 0.400. The number of nitrogens with two attached hydrogens (primary N) is 1. The lowest BCUT2D eigenvalue weighted by molar-refractivity contribution is 0.0649. The van der Waals surface area contributed by atoms with E-state index in [2.05, 4.69) is 35.3 Å². The monoisotopic (exact) mass is 289 g/mol. The minimum Gasteiger partial charge on any atom is -0.382 e. The van der Waals surface area contributed by atoms with E-state index in [0.29, 0.717) is 5.82 Å². The molecule has 106 valence electrons. The predicted molar refractivity (Wildman–Crippen MR) is 84.2 cm³/mol. The maximum absolute atomic E-state index is 6.11. The number of aromatic nitrogens is 1. The zero-order valence-corrected chi connectivity index (χ0v) is 12.6. The molecule has 1 aromatic carbocycles. The van der Waals surface area contributed by atoms with Crippen molar-refractivity contribution in [1.29, 1.82) is 0 Å². The van der Waals surface area contributed by atoms with Crippen LogP contribution in [-0.2, 0) is 4.74 Å². The number of anilines is 2. The van der Waals surface area contributed by atoms with Gasteiger partial charge < -0.3 is 15.4 Å². The molecule has 2 aromatic rings. The molecule has 1 aliphatic heterocycles. The van der Waals surface area contributed by atoms with Gasteiger partial charge in [-0.1, -0.05) is 30.3 Å². The molecule has 3 rings (SSSR count). The van der Waals surface area contributed by atoms with Gasteiger partial charge in [0.1, 0.15) is 10.8 Å². The van der Waals surface area contributed by atoms with Gasteiger partial charge >= 0.3 is 0 Å². The quantitative estimate of drug-likeness (QED) is 0.923. The van der Waals surface area contributed by atoms with Gasteiger partial charge in [-0.3, -0.25) is 0 Å². The lowest BCUT2D eigenvalue weighted by atomic mass is 10.0. The van der Waals surface area contributed by atoms with E-state index in [0.717, 1.165) is 35.9 Å². The van der Waals surface area contributed by atoms with Crippen molar-refractivity contribution in [2.24, 2.45) is 0 Å². The van der Waals surface area contributed by atoms with Crippen LogP contribution in [-0.4, -0.2) is 29.7 Å². The summed E-state index contributed by atoms with van der Waals surface area (Å²) in [6, 6.07) is 10.2. The summed E-state index contributed by atoms with van der Waals surface area (Å²) < 4.78 is 9.97. The normalized spacial score (nSPS) is 18.2. The van der Waals surface area contributed by atoms with Crippen LogP contribution < -0.4 is 10.6 Å². The topological polar surface area (TPSA) is 51.4 Å². The predicted octanol–water partition coefficient (Wildman–Crippen LogP) is 3.01. The molecule has 0 bridgehead atoms. The molecule has 0 spiro atoms. The number of benzene rings is 1. The van der Waals surface area contributed by atoms with Gasteiger partial charge in [-0.15, -0.1) is 0 Å². The third-order valence-electron chi connectivity index (χ3n) is 3.65. The van der Waals surface area contributed by atoms with Crippen LogP contribution in [0.5, 0.6) is 0 Å². The zero-order valence-electron chi connectivity index (χ0n) is 11.8. The molecule has 1 aromatic heterocycles. The van der Waals surface area contributed by atoms with E-state index < -0.39 is 0 Å². The minimum absolute atomic E-state index is 0.0409. The van der Waals surface area contributed by atoms with Gasteiger partial charge in [0.25, 0.3) is 0 Å². The van der Waals surface area contributed by atoms with E-state index in [1.165, 1.54) is 11.5 Å². The van der Waals surface area contributed by atoms with Crippen LogP contribution in [0.25, 0.3) is 11.1 Å². The highest BCUT2D eigenvalue weighted by Gasteiger charge is 2.34. The van der Waals surface area contributed by atoms with Gasteiger partial charge in [0.05, 0.1) is 24.3 Å². The molecule has 2 heterocycles. The van der Waals surface area contributed by atoms with Crippen LogP contribution in [0.2, 0.25) is 0 Å². The van der Waals surface area contributed by atoms with Crippen molar-refractivity contribution in [1.82, 2.24) is 4.37 Å². The Morgan fingerprint density at radius 3 is 2.75 bits per heavy atom. The van der Waals surface area contributed by atoms with E-state index in [1.54, 1.807) is 0 Å². The SMILES string of the molecule is CC1(C)COCCN1c1snc(N)c1-c1ccccc1. The second-order valence-electron chi connectivity index (χ2n) is 5.63. The van der Waals surface area contributed by atoms with E-state index in [4.69, 9.17) is 10.5 Å². The fourth-order valence-corrected chi connectivity index (χ4v) is 3.62. The van der Waals surface area contributed by atoms with Gasteiger partial charge in [-0.2, -0.15) is 4.37 Å². The summed E-state index contributed by atoms with van der Waals surface area (Å²) in [6.45, 7) is 6.72. The Hall–Kier alpha value is -1.59. The molecule has 5 heteroatoms. The first-order valence-electron chi connectivity index (χ1n) is 6.75. The smallest absolute Gasteiger partial charge is 0.147 e. The number of nitrogen functional groups attached to an aromatic ring is 1. The average Bonchev–Trinajstić information content (AvgIpc) is 2.81. The third-order valence-corrected chi connectivity index (χ3v) is 4.54. The van der Waals surface area contributed by atoms with Crippen molar-refractivity contribution < 1.29 is 4.74 Å². The Morgan fingerprint density at radius 2 is 2.05 bits per heavy atom. The number of hydrogen-bond acceptors (Lipinski definition) is 5. The molecule has 0 aliphatic carbocycles. The lowest BCUT2D eigenvalue weighted by Crippen LogP contribution is -2.53. The highest BCUT2D eigenvalue weighted by molar-refractivity contribution is 7.11. The third kappa shape index (κ3) is 2.27. The Balaban J connectivity index is 2.07. The number of ether oxygens (including phenoxy) is 1. The van der Waals surface area contributed by atoms with Crippen molar-refractivity contribution in [3.8, 4) is 11.1 Å². The van der Waals surface area contributed by atoms with Crippen LogP contribution in [0.1, 0.15) is 13.8 Å². The summed E-state index contributed by atoms with van der Waals surface area (Å²) in [6.07, 6.45) is 0. The lowest BCUT2D eigenvalue weighted by Gasteiger charge is -2.43. The van der Waals surface area contributed by atoms with Gasteiger partial charge in [-0.25, -0.2) is 0 Å². The summed E-state index contributed by atoms with van der Waals surface area (Å²) >= 11 is 1.48. The van der Waals surface area contributed by atoms with Gasteiger partial charge in [0, 0.05) is 6.54 Å². The second-order valence-corrected chi connectivity index (χ2v) is 6.38. The van der Waals surface area contributed by atoms with E-state index >= 15 is 0 Å². The standard InChI is InChI=1S/C15H19N3OS/c1-15(2)10-19-9-8-18(15)14-12(13(16)17-20-14)11-6-4-3-5-7-11/h3-7H,8-10H2,1-2H3,(H2,16,17). The minimum atomic E-state index is -0.0409. The molecule has 20 heavy (non-hydrogen) atoms. The fourth-order valence-electron chi connectivity index (χ4n) is 2.59. The van der Waals surface area contributed by atoms with Crippen LogP contribution in [0.15, 0.2) is 30.3 Å². The molecule has 4 nitrogen and oxygen atoms in total. The molecular weight excluding hydrogens is 270 g/mol. The van der Waals surface area contributed by atoms with E-state index in [-0.39, 0.29) is 5.54 Å². The molecule has 0 saturated carbocycles. The molecule has 1 aliphatic rings. The Kier molecular flexibility index (Phi) is 3.40. The first-order chi connectivity index (χ1) is 9.59. The van der Waals surface area contributed by atoms with E-state index in [1.807, 2.05) is 18.2 Å². The average molecular weight is 289 g/mol. The van der Waals surface area contributed by atoms with Gasteiger partial charge in [0.15, 0.2) is 0 Å². The van der Waals surface area contributed by atoms with Crippen molar-refractivity contribution in [3.63, 3.8) is 0 Å². The van der Waals surface area contributed by atoms with Crippen LogP contribution in [0.4, 0.5) is 10.8 Å². The molecule has 0 unspecified atom stereocenters. The summed E-state index contributed by atoms with van der Waals surface area (Å²) in [4.78, 5) is 2.37.